The summed E-state index contributed by atoms with van der Waals surface area (Å²) in [6, 6.07) is 8.68. The number of rotatable bonds is 7. The summed E-state index contributed by atoms with van der Waals surface area (Å²) < 4.78 is 0. The zero-order chi connectivity index (χ0) is 11.8. The smallest absolute Gasteiger partial charge is 0.0340 e. The first-order valence-electron chi connectivity index (χ1n) is 5.87. The van der Waals surface area contributed by atoms with Gasteiger partial charge >= 0.3 is 0 Å². The molecule has 0 saturated heterocycles. The molecule has 0 amide bonds. The molecule has 0 aliphatic heterocycles. The number of benzene rings is 1. The van der Waals surface area contributed by atoms with Gasteiger partial charge in [0, 0.05) is 22.4 Å². The Morgan fingerprint density at radius 2 is 1.81 bits per heavy atom. The van der Waals surface area contributed by atoms with Gasteiger partial charge in [0.05, 0.1) is 0 Å². The Morgan fingerprint density at radius 3 is 2.38 bits per heavy atom. The molecule has 2 nitrogen and oxygen atoms in total. The van der Waals surface area contributed by atoms with E-state index in [1.54, 1.807) is 0 Å². The summed E-state index contributed by atoms with van der Waals surface area (Å²) in [6.07, 6.45) is 1.15. The highest BCUT2D eigenvalue weighted by atomic mass is 32.2. The van der Waals surface area contributed by atoms with Crippen LogP contribution >= 0.6 is 11.8 Å². The summed E-state index contributed by atoms with van der Waals surface area (Å²) in [4.78, 5) is 1.34. The third-order valence-electron chi connectivity index (χ3n) is 2.16. The van der Waals surface area contributed by atoms with Crippen molar-refractivity contribution >= 4 is 17.4 Å². The summed E-state index contributed by atoms with van der Waals surface area (Å²) in [6.45, 7) is 6.52. The molecule has 0 bridgehead atoms. The van der Waals surface area contributed by atoms with Crippen molar-refractivity contribution in [3.8, 4) is 0 Å². The average molecular weight is 238 g/mol. The van der Waals surface area contributed by atoms with Gasteiger partial charge in [-0.2, -0.15) is 0 Å². The highest BCUT2D eigenvalue weighted by Crippen LogP contribution is 2.23. The van der Waals surface area contributed by atoms with E-state index in [0.29, 0.717) is 5.25 Å². The maximum absolute atomic E-state index is 3.41. The highest BCUT2D eigenvalue weighted by molar-refractivity contribution is 7.99. The van der Waals surface area contributed by atoms with Crippen molar-refractivity contribution in [1.82, 2.24) is 5.32 Å². The Kier molecular flexibility index (Phi) is 6.34. The van der Waals surface area contributed by atoms with Gasteiger partial charge in [0.1, 0.15) is 0 Å². The van der Waals surface area contributed by atoms with Crippen LogP contribution in [-0.4, -0.2) is 25.4 Å². The molecule has 1 aromatic carbocycles. The fraction of sp³-hybridized carbons (Fsp3) is 0.538. The van der Waals surface area contributed by atoms with E-state index in [1.807, 2.05) is 18.8 Å². The maximum Gasteiger partial charge on any atom is 0.0340 e. The van der Waals surface area contributed by atoms with E-state index in [0.717, 1.165) is 19.5 Å². The molecule has 0 aromatic heterocycles. The van der Waals surface area contributed by atoms with E-state index in [4.69, 9.17) is 0 Å². The van der Waals surface area contributed by atoms with Crippen LogP contribution in [-0.2, 0) is 0 Å². The minimum Gasteiger partial charge on any atom is -0.385 e. The summed E-state index contributed by atoms with van der Waals surface area (Å²) in [5.41, 5.74) is 1.21. The summed E-state index contributed by atoms with van der Waals surface area (Å²) in [5, 5.41) is 7.20. The first kappa shape index (κ1) is 13.4. The fourth-order valence-corrected chi connectivity index (χ4v) is 2.26. The fourth-order valence-electron chi connectivity index (χ4n) is 1.42. The van der Waals surface area contributed by atoms with Gasteiger partial charge in [0.2, 0.25) is 0 Å². The van der Waals surface area contributed by atoms with Crippen molar-refractivity contribution in [2.45, 2.75) is 30.4 Å². The SMILES string of the molecule is CNCCCNc1ccc(SC(C)C)cc1. The standard InChI is InChI=1S/C13H22N2S/c1-11(2)16-13-7-5-12(6-8-13)15-10-4-9-14-3/h5-8,11,14-15H,4,9-10H2,1-3H3. The van der Waals surface area contributed by atoms with Gasteiger partial charge in [-0.25, -0.2) is 0 Å². The second-order valence-electron chi connectivity index (χ2n) is 4.07. The second-order valence-corrected chi connectivity index (χ2v) is 5.72. The van der Waals surface area contributed by atoms with E-state index in [2.05, 4.69) is 48.7 Å². The van der Waals surface area contributed by atoms with Gasteiger partial charge in [-0.1, -0.05) is 13.8 Å². The molecule has 0 aliphatic carbocycles. The summed E-state index contributed by atoms with van der Waals surface area (Å²) in [7, 11) is 1.98. The van der Waals surface area contributed by atoms with Crippen molar-refractivity contribution in [3.63, 3.8) is 0 Å². The molecular weight excluding hydrogens is 216 g/mol. The van der Waals surface area contributed by atoms with E-state index >= 15 is 0 Å². The lowest BCUT2D eigenvalue weighted by molar-refractivity contribution is 0.748. The van der Waals surface area contributed by atoms with Gasteiger partial charge in [-0.05, 0) is 44.3 Å². The topological polar surface area (TPSA) is 24.1 Å². The lowest BCUT2D eigenvalue weighted by atomic mass is 10.3. The first-order valence-corrected chi connectivity index (χ1v) is 6.75. The molecule has 2 N–H and O–H groups in total. The molecule has 0 saturated carbocycles. The van der Waals surface area contributed by atoms with Gasteiger partial charge < -0.3 is 10.6 Å². The normalized spacial score (nSPS) is 10.8. The van der Waals surface area contributed by atoms with Gasteiger partial charge in [-0.3, -0.25) is 0 Å². The zero-order valence-corrected chi connectivity index (χ0v) is 11.2. The minimum atomic E-state index is 0.648. The molecule has 0 spiro atoms. The van der Waals surface area contributed by atoms with Crippen LogP contribution in [0.15, 0.2) is 29.2 Å². The number of thioether (sulfide) groups is 1. The zero-order valence-electron chi connectivity index (χ0n) is 10.4. The van der Waals surface area contributed by atoms with Crippen LogP contribution in [0.2, 0.25) is 0 Å². The van der Waals surface area contributed by atoms with Gasteiger partial charge in [0.25, 0.3) is 0 Å². The average Bonchev–Trinajstić information content (AvgIpc) is 2.26. The molecule has 16 heavy (non-hydrogen) atoms. The Hall–Kier alpha value is -0.670. The summed E-state index contributed by atoms with van der Waals surface area (Å²) in [5.74, 6) is 0. The molecule has 0 fully saturated rings. The van der Waals surface area contributed by atoms with Crippen LogP contribution < -0.4 is 10.6 Å². The van der Waals surface area contributed by atoms with E-state index in [9.17, 15) is 0 Å². The third kappa shape index (κ3) is 5.42. The molecule has 0 heterocycles. The van der Waals surface area contributed by atoms with Crippen molar-refractivity contribution < 1.29 is 0 Å². The molecule has 0 aliphatic rings. The lowest BCUT2D eigenvalue weighted by Crippen LogP contribution is -2.12. The maximum atomic E-state index is 3.41. The van der Waals surface area contributed by atoms with Crippen LogP contribution in [0.3, 0.4) is 0 Å². The molecule has 0 atom stereocenters. The molecule has 3 heteroatoms. The Labute approximate surface area is 103 Å². The monoisotopic (exact) mass is 238 g/mol. The quantitative estimate of drug-likeness (QED) is 0.563. The number of hydrogen-bond acceptors (Lipinski definition) is 3. The number of nitrogens with one attached hydrogen (secondary N) is 2. The third-order valence-corrected chi connectivity index (χ3v) is 3.17. The van der Waals surface area contributed by atoms with E-state index in [1.165, 1.54) is 10.6 Å². The molecule has 1 rings (SSSR count). The van der Waals surface area contributed by atoms with Crippen LogP contribution in [0.4, 0.5) is 5.69 Å². The number of anilines is 1. The van der Waals surface area contributed by atoms with Crippen LogP contribution in [0.5, 0.6) is 0 Å². The molecule has 0 unspecified atom stereocenters. The lowest BCUT2D eigenvalue weighted by Gasteiger charge is -2.08. The Bertz CT molecular complexity index is 282. The van der Waals surface area contributed by atoms with Crippen molar-refractivity contribution in [3.05, 3.63) is 24.3 Å². The molecular formula is C13H22N2S. The van der Waals surface area contributed by atoms with Crippen molar-refractivity contribution in [2.75, 3.05) is 25.5 Å². The molecule has 90 valence electrons. The highest BCUT2D eigenvalue weighted by Gasteiger charge is 1.98. The summed E-state index contributed by atoms with van der Waals surface area (Å²) >= 11 is 1.90. The molecule has 1 aromatic rings. The van der Waals surface area contributed by atoms with Crippen molar-refractivity contribution in [1.29, 1.82) is 0 Å². The van der Waals surface area contributed by atoms with E-state index in [-0.39, 0.29) is 0 Å². The number of hydrogen-bond donors (Lipinski definition) is 2. The minimum absolute atomic E-state index is 0.648. The van der Waals surface area contributed by atoms with Crippen LogP contribution in [0.25, 0.3) is 0 Å². The Morgan fingerprint density at radius 1 is 1.12 bits per heavy atom. The second kappa shape index (κ2) is 7.58. The van der Waals surface area contributed by atoms with Crippen molar-refractivity contribution in [2.24, 2.45) is 0 Å². The predicted molar refractivity (Wildman–Crippen MR) is 74.5 cm³/mol. The Balaban J connectivity index is 2.33. The first-order chi connectivity index (χ1) is 7.72. The van der Waals surface area contributed by atoms with Crippen LogP contribution in [0, 0.1) is 0 Å². The molecule has 0 radical (unpaired) electrons. The largest absolute Gasteiger partial charge is 0.385 e. The van der Waals surface area contributed by atoms with E-state index < -0.39 is 0 Å². The van der Waals surface area contributed by atoms with Crippen LogP contribution in [0.1, 0.15) is 20.3 Å². The van der Waals surface area contributed by atoms with Gasteiger partial charge in [-0.15, -0.1) is 11.8 Å². The van der Waals surface area contributed by atoms with Gasteiger partial charge in [0.15, 0.2) is 0 Å². The predicted octanol–water partition coefficient (Wildman–Crippen LogP) is 3.21.